The predicted octanol–water partition coefficient (Wildman–Crippen LogP) is 4.52. The van der Waals surface area contributed by atoms with Crippen LogP contribution < -0.4 is 0 Å². The molecule has 3 aromatic rings. The van der Waals surface area contributed by atoms with Gasteiger partial charge in [0.1, 0.15) is 6.61 Å². The second-order valence-corrected chi connectivity index (χ2v) is 7.22. The van der Waals surface area contributed by atoms with Gasteiger partial charge in [0.05, 0.1) is 0 Å². The lowest BCUT2D eigenvalue weighted by molar-refractivity contribution is 0.0903. The molecule has 1 N–H and O–H groups in total. The topological polar surface area (TPSA) is 42.2 Å². The molecule has 134 valence electrons. The Kier molecular flexibility index (Phi) is 4.89. The molecule has 0 unspecified atom stereocenters. The molecule has 4 rings (SSSR count). The highest BCUT2D eigenvalue weighted by atomic mass is 16.3. The minimum Gasteiger partial charge on any atom is -0.388 e. The van der Waals surface area contributed by atoms with Gasteiger partial charge in [0.15, 0.2) is 5.78 Å². The molecule has 0 amide bonds. The summed E-state index contributed by atoms with van der Waals surface area (Å²) >= 11 is 0. The number of fused-ring (bicyclic) bond motifs is 3. The molecule has 0 fully saturated rings. The third-order valence-electron chi connectivity index (χ3n) is 5.54. The number of hydrogen-bond donors (Lipinski definition) is 1. The fourth-order valence-electron chi connectivity index (χ4n) is 4.19. The maximum absolute atomic E-state index is 11.6. The largest absolute Gasteiger partial charge is 0.388 e. The van der Waals surface area contributed by atoms with Crippen LogP contribution in [0.4, 0.5) is 0 Å². The van der Waals surface area contributed by atoms with E-state index in [1.54, 1.807) is 0 Å². The first kappa shape index (κ1) is 17.0. The Hall–Kier alpha value is -2.39. The molecule has 0 saturated heterocycles. The molecular weight excluding hydrogens is 322 g/mol. The maximum atomic E-state index is 11.6. The highest BCUT2D eigenvalue weighted by molar-refractivity contribution is 5.96. The van der Waals surface area contributed by atoms with Crippen LogP contribution in [-0.4, -0.2) is 22.1 Å². The van der Waals surface area contributed by atoms with Crippen LogP contribution in [-0.2, 0) is 19.4 Å². The van der Waals surface area contributed by atoms with E-state index in [1.807, 2.05) is 24.3 Å². The summed E-state index contributed by atoms with van der Waals surface area (Å²) in [5.74, 6) is -0.229. The number of nitrogens with zero attached hydrogens (tertiary/aromatic N) is 1. The number of Topliss-reactive ketones (excluding diaryl/α,β-unsaturated/α-hetero) is 1. The molecule has 1 aliphatic carbocycles. The average molecular weight is 347 g/mol. The number of aliphatic hydroxyl groups excluding tert-OH is 1. The SMILES string of the molecule is O=C(CO)c1ccc(Cn2c3c(c4ccccc42)CCCCCC3)cc1. The van der Waals surface area contributed by atoms with Crippen LogP contribution in [0.2, 0.25) is 0 Å². The number of ketones is 1. The number of aliphatic hydroxyl groups is 1. The Morgan fingerprint density at radius 2 is 1.65 bits per heavy atom. The number of para-hydroxylation sites is 1. The van der Waals surface area contributed by atoms with E-state index in [0.29, 0.717) is 5.56 Å². The van der Waals surface area contributed by atoms with Crippen molar-refractivity contribution >= 4 is 16.7 Å². The fourth-order valence-corrected chi connectivity index (χ4v) is 4.19. The normalized spacial score (nSPS) is 14.7. The van der Waals surface area contributed by atoms with Crippen molar-refractivity contribution in [3.8, 4) is 0 Å². The number of rotatable bonds is 4. The van der Waals surface area contributed by atoms with Crippen molar-refractivity contribution in [1.82, 2.24) is 4.57 Å². The minimum absolute atomic E-state index is 0.229. The third kappa shape index (κ3) is 3.19. The third-order valence-corrected chi connectivity index (χ3v) is 5.54. The van der Waals surface area contributed by atoms with Crippen LogP contribution >= 0.6 is 0 Å². The molecule has 0 saturated carbocycles. The summed E-state index contributed by atoms with van der Waals surface area (Å²) in [4.78, 5) is 11.6. The van der Waals surface area contributed by atoms with Crippen molar-refractivity contribution in [1.29, 1.82) is 0 Å². The number of benzene rings is 2. The van der Waals surface area contributed by atoms with Crippen molar-refractivity contribution in [2.45, 2.75) is 45.1 Å². The number of carbonyl (C=O) groups excluding carboxylic acids is 1. The van der Waals surface area contributed by atoms with Crippen molar-refractivity contribution < 1.29 is 9.90 Å². The highest BCUT2D eigenvalue weighted by Crippen LogP contribution is 2.31. The van der Waals surface area contributed by atoms with Gasteiger partial charge in [-0.25, -0.2) is 0 Å². The molecule has 2 aromatic carbocycles. The van der Waals surface area contributed by atoms with Crippen LogP contribution in [0.25, 0.3) is 10.9 Å². The van der Waals surface area contributed by atoms with E-state index in [1.165, 1.54) is 59.8 Å². The van der Waals surface area contributed by atoms with Gasteiger partial charge < -0.3 is 9.67 Å². The van der Waals surface area contributed by atoms with E-state index in [0.717, 1.165) is 13.0 Å². The molecule has 1 heterocycles. The fraction of sp³-hybridized carbons (Fsp3) is 0.348. The van der Waals surface area contributed by atoms with E-state index >= 15 is 0 Å². The van der Waals surface area contributed by atoms with Gasteiger partial charge >= 0.3 is 0 Å². The Labute approximate surface area is 154 Å². The van der Waals surface area contributed by atoms with Gasteiger partial charge in [0.25, 0.3) is 0 Å². The number of aromatic nitrogens is 1. The van der Waals surface area contributed by atoms with Crippen LogP contribution in [0, 0.1) is 0 Å². The molecule has 0 radical (unpaired) electrons. The molecular formula is C23H25NO2. The van der Waals surface area contributed by atoms with Gasteiger partial charge in [0, 0.05) is 28.7 Å². The van der Waals surface area contributed by atoms with E-state index < -0.39 is 6.61 Å². The number of hydrogen-bond acceptors (Lipinski definition) is 2. The molecule has 1 aromatic heterocycles. The summed E-state index contributed by atoms with van der Waals surface area (Å²) in [5.41, 5.74) is 6.10. The molecule has 0 aliphatic heterocycles. The van der Waals surface area contributed by atoms with Gasteiger partial charge in [-0.15, -0.1) is 0 Å². The highest BCUT2D eigenvalue weighted by Gasteiger charge is 2.18. The Morgan fingerprint density at radius 3 is 2.42 bits per heavy atom. The second kappa shape index (κ2) is 7.46. The number of aryl methyl sites for hydroxylation is 1. The van der Waals surface area contributed by atoms with Crippen LogP contribution in [0.5, 0.6) is 0 Å². The zero-order chi connectivity index (χ0) is 17.9. The first-order valence-corrected chi connectivity index (χ1v) is 9.60. The van der Waals surface area contributed by atoms with Crippen LogP contribution in [0.1, 0.15) is 52.9 Å². The summed E-state index contributed by atoms with van der Waals surface area (Å²) in [6, 6.07) is 16.4. The standard InChI is InChI=1S/C23H25NO2/c25-16-23(26)18-13-11-17(12-14-18)15-24-21-9-4-2-1-3-7-19(21)20-8-5-6-10-22(20)24/h5-6,8,10-14,25H,1-4,7,9,15-16H2. The molecule has 3 heteroatoms. The average Bonchev–Trinajstić information content (AvgIpc) is 2.93. The molecule has 0 bridgehead atoms. The summed E-state index contributed by atoms with van der Waals surface area (Å²) in [6.07, 6.45) is 7.50. The van der Waals surface area contributed by atoms with Crippen molar-refractivity contribution in [2.24, 2.45) is 0 Å². The van der Waals surface area contributed by atoms with Crippen LogP contribution in [0.3, 0.4) is 0 Å². The Balaban J connectivity index is 1.74. The summed E-state index contributed by atoms with van der Waals surface area (Å²) in [7, 11) is 0. The van der Waals surface area contributed by atoms with E-state index in [9.17, 15) is 4.79 Å². The van der Waals surface area contributed by atoms with Gasteiger partial charge in [0.2, 0.25) is 0 Å². The zero-order valence-electron chi connectivity index (χ0n) is 15.1. The van der Waals surface area contributed by atoms with Gasteiger partial charge in [-0.2, -0.15) is 0 Å². The van der Waals surface area contributed by atoms with E-state index in [4.69, 9.17) is 5.11 Å². The molecule has 1 aliphatic rings. The van der Waals surface area contributed by atoms with Gasteiger partial charge in [-0.05, 0) is 42.9 Å². The summed E-state index contributed by atoms with van der Waals surface area (Å²) < 4.78 is 2.47. The Morgan fingerprint density at radius 1 is 0.923 bits per heavy atom. The van der Waals surface area contributed by atoms with Crippen molar-refractivity contribution in [3.63, 3.8) is 0 Å². The molecule has 3 nitrogen and oxygen atoms in total. The minimum atomic E-state index is -0.435. The number of carbonyl (C=O) groups is 1. The van der Waals surface area contributed by atoms with Gasteiger partial charge in [-0.1, -0.05) is 55.3 Å². The van der Waals surface area contributed by atoms with E-state index in [2.05, 4.69) is 28.8 Å². The maximum Gasteiger partial charge on any atom is 0.188 e. The quantitative estimate of drug-likeness (QED) is 0.705. The molecule has 0 atom stereocenters. The first-order valence-electron chi connectivity index (χ1n) is 9.60. The van der Waals surface area contributed by atoms with Crippen molar-refractivity contribution in [2.75, 3.05) is 6.61 Å². The van der Waals surface area contributed by atoms with Crippen LogP contribution in [0.15, 0.2) is 48.5 Å². The lowest BCUT2D eigenvalue weighted by atomic mass is 9.96. The molecule has 0 spiro atoms. The van der Waals surface area contributed by atoms with E-state index in [-0.39, 0.29) is 5.78 Å². The summed E-state index contributed by atoms with van der Waals surface area (Å²) in [6.45, 7) is 0.387. The zero-order valence-corrected chi connectivity index (χ0v) is 15.1. The summed E-state index contributed by atoms with van der Waals surface area (Å²) in [5, 5.41) is 10.4. The lowest BCUT2D eigenvalue weighted by Crippen LogP contribution is -2.08. The predicted molar refractivity (Wildman–Crippen MR) is 105 cm³/mol. The smallest absolute Gasteiger partial charge is 0.188 e. The van der Waals surface area contributed by atoms with Crippen molar-refractivity contribution in [3.05, 3.63) is 70.9 Å². The monoisotopic (exact) mass is 347 g/mol. The first-order chi connectivity index (χ1) is 12.8. The lowest BCUT2D eigenvalue weighted by Gasteiger charge is -2.15. The Bertz CT molecular complexity index is 921. The van der Waals surface area contributed by atoms with Gasteiger partial charge in [-0.3, -0.25) is 4.79 Å². The second-order valence-electron chi connectivity index (χ2n) is 7.22. The molecule has 26 heavy (non-hydrogen) atoms.